The molecule has 3 heterocycles. The van der Waals surface area contributed by atoms with E-state index >= 15 is 14.4 Å². The van der Waals surface area contributed by atoms with Gasteiger partial charge in [-0.15, -0.1) is 0 Å². The summed E-state index contributed by atoms with van der Waals surface area (Å²) in [5.41, 5.74) is 2.05. The molecule has 74 heavy (non-hydrogen) atoms. The first-order chi connectivity index (χ1) is 36.1. The second-order valence-electron chi connectivity index (χ2n) is 18.7. The number of esters is 1. The molecule has 7 atom stereocenters. The van der Waals surface area contributed by atoms with E-state index in [0.717, 1.165) is 36.2 Å². The molecule has 15 nitrogen and oxygen atoms in total. The van der Waals surface area contributed by atoms with Crippen molar-refractivity contribution in [1.29, 1.82) is 0 Å². The number of nitro benzene ring substituents is 1. The van der Waals surface area contributed by atoms with Crippen LogP contribution in [0.1, 0.15) is 88.9 Å². The van der Waals surface area contributed by atoms with Crippen LogP contribution in [0.25, 0.3) is 0 Å². The molecule has 3 aliphatic heterocycles. The van der Waals surface area contributed by atoms with Crippen LogP contribution in [0.15, 0.2) is 169 Å². The maximum atomic E-state index is 16.7. The van der Waals surface area contributed by atoms with Crippen molar-refractivity contribution in [3.8, 4) is 17.6 Å². The number of nitrogens with zero attached hydrogens (tertiary/aromatic N) is 3. The Kier molecular flexibility index (Phi) is 14.2. The van der Waals surface area contributed by atoms with Gasteiger partial charge in [-0.05, 0) is 107 Å². The standard InChI is InChI=1S/C59H52N4O11/c64-32-33-72-46-23-13-22-44(35-46)54-59(47-34-39(25-24-38-14-5-1-6-15-38)28-31-48(47)61(57(59)68)58(69)73-37-40-26-29-45(30-27-40)63(70)71)50(55(66)60-36-49(65)41-16-7-2-8-17-41)52-56(67)74-53(43-20-11-4-12-21-43)51(62(52)54)42-18-9-3-10-19-42/h2-4,7-14,16-23,26-31,34-35,49-54,64-65H,1,5-6,15,32-33,36-37H2,(H,60,66)/t49-,50+,51+,52+,53-,54-,59+/m0/s1. The largest absolute Gasteiger partial charge is 0.491 e. The summed E-state index contributed by atoms with van der Waals surface area (Å²) in [6.07, 6.45) is 2.54. The van der Waals surface area contributed by atoms with Gasteiger partial charge in [-0.2, -0.15) is 0 Å². The summed E-state index contributed by atoms with van der Waals surface area (Å²) in [6, 6.07) is 41.0. The third-order valence-corrected chi connectivity index (χ3v) is 14.3. The molecule has 0 saturated carbocycles. The first kappa shape index (κ1) is 49.2. The van der Waals surface area contributed by atoms with Gasteiger partial charge in [0.25, 0.3) is 5.69 Å². The number of hydrogen-bond donors (Lipinski definition) is 3. The van der Waals surface area contributed by atoms with E-state index in [-0.39, 0.29) is 43.3 Å². The van der Waals surface area contributed by atoms with Gasteiger partial charge in [0.2, 0.25) is 11.8 Å². The molecule has 0 radical (unpaired) electrons. The number of hydrogen-bond acceptors (Lipinski definition) is 12. The van der Waals surface area contributed by atoms with Crippen LogP contribution in [0.5, 0.6) is 5.75 Å². The van der Waals surface area contributed by atoms with E-state index in [2.05, 4.69) is 23.2 Å². The van der Waals surface area contributed by atoms with E-state index in [4.69, 9.17) is 14.2 Å². The van der Waals surface area contributed by atoms with Crippen molar-refractivity contribution in [2.24, 2.45) is 5.92 Å². The Bertz CT molecular complexity index is 3180. The Morgan fingerprint density at radius 2 is 1.53 bits per heavy atom. The zero-order valence-corrected chi connectivity index (χ0v) is 40.1. The van der Waals surface area contributed by atoms with Crippen LogP contribution in [-0.4, -0.2) is 69.7 Å². The molecule has 3 N–H and O–H groups in total. The lowest BCUT2D eigenvalue weighted by Crippen LogP contribution is -2.56. The van der Waals surface area contributed by atoms with E-state index in [1.807, 2.05) is 65.6 Å². The second-order valence-corrected chi connectivity index (χ2v) is 18.7. The first-order valence-electron chi connectivity index (χ1n) is 24.6. The highest BCUT2D eigenvalue weighted by atomic mass is 16.6. The molecule has 6 aromatic rings. The Morgan fingerprint density at radius 3 is 2.22 bits per heavy atom. The third-order valence-electron chi connectivity index (χ3n) is 14.3. The minimum absolute atomic E-state index is 0.0654. The number of cyclic esters (lactones) is 1. The first-order valence-corrected chi connectivity index (χ1v) is 24.6. The number of nitro groups is 1. The van der Waals surface area contributed by atoms with Gasteiger partial charge in [0.1, 0.15) is 36.5 Å². The number of anilines is 1. The number of aliphatic hydroxyl groups is 2. The van der Waals surface area contributed by atoms with Crippen LogP contribution in [0.3, 0.4) is 0 Å². The van der Waals surface area contributed by atoms with Gasteiger partial charge in [0.15, 0.2) is 0 Å². The molecule has 3 amide bonds. The highest BCUT2D eigenvalue weighted by Crippen LogP contribution is 2.66. The fourth-order valence-corrected chi connectivity index (χ4v) is 11.0. The average molecular weight is 993 g/mol. The van der Waals surface area contributed by atoms with Crippen LogP contribution in [-0.2, 0) is 35.9 Å². The van der Waals surface area contributed by atoms with Crippen molar-refractivity contribution >= 4 is 35.3 Å². The number of rotatable bonds is 13. The maximum Gasteiger partial charge on any atom is 0.421 e. The number of benzene rings is 6. The normalized spacial score (nSPS) is 22.3. The number of carbonyl (C=O) groups excluding carboxylic acids is 4. The summed E-state index contributed by atoms with van der Waals surface area (Å²) >= 11 is 0. The van der Waals surface area contributed by atoms with Crippen molar-refractivity contribution in [3.63, 3.8) is 0 Å². The van der Waals surface area contributed by atoms with Crippen LogP contribution < -0.4 is 15.0 Å². The Morgan fingerprint density at radius 1 is 0.824 bits per heavy atom. The Labute approximate surface area is 427 Å². The van der Waals surface area contributed by atoms with Gasteiger partial charge < -0.3 is 29.7 Å². The number of morpholine rings is 1. The van der Waals surface area contributed by atoms with Gasteiger partial charge in [-0.25, -0.2) is 9.69 Å². The number of nitrogens with one attached hydrogen (secondary N) is 1. The van der Waals surface area contributed by atoms with E-state index in [0.29, 0.717) is 39.1 Å². The number of non-ortho nitro benzene ring substituents is 1. The lowest BCUT2D eigenvalue weighted by atomic mass is 9.65. The summed E-state index contributed by atoms with van der Waals surface area (Å²) in [4.78, 5) is 76.7. The molecule has 1 aliphatic carbocycles. The van der Waals surface area contributed by atoms with Gasteiger partial charge in [-0.1, -0.05) is 121 Å². The van der Waals surface area contributed by atoms with E-state index in [9.17, 15) is 25.1 Å². The highest BCUT2D eigenvalue weighted by molar-refractivity contribution is 6.23. The maximum absolute atomic E-state index is 16.7. The number of ether oxygens (including phenoxy) is 3. The lowest BCUT2D eigenvalue weighted by Gasteiger charge is -2.46. The second kappa shape index (κ2) is 21.3. The minimum Gasteiger partial charge on any atom is -0.491 e. The number of carbonyl (C=O) groups is 4. The van der Waals surface area contributed by atoms with Crippen LogP contribution in [0.2, 0.25) is 0 Å². The van der Waals surface area contributed by atoms with E-state index in [1.165, 1.54) is 24.3 Å². The fourth-order valence-electron chi connectivity index (χ4n) is 11.0. The monoisotopic (exact) mass is 992 g/mol. The topological polar surface area (TPSA) is 198 Å². The van der Waals surface area contributed by atoms with Crippen molar-refractivity contribution in [2.45, 2.75) is 68.0 Å². The zero-order valence-electron chi connectivity index (χ0n) is 40.1. The van der Waals surface area contributed by atoms with Gasteiger partial charge in [-0.3, -0.25) is 29.4 Å². The molecule has 0 aromatic heterocycles. The molecule has 6 aromatic carbocycles. The molecule has 15 heteroatoms. The molecule has 10 rings (SSSR count). The number of imide groups is 1. The number of fused-ring (bicyclic) bond motifs is 3. The molecule has 0 bridgehead atoms. The SMILES string of the molecule is O=C1O[C@@H](c2ccccc2)[C@@H](c2ccccc2)N2[C@@H](c3cccc(OCCO)c3)[C@]3(C(=O)N(C(=O)OCc4ccc([N+](=O)[O-])cc4)c4ccc(C#CC5=CCCCC5)cc43)[C@@H](C(=O)NC[C@H](O)c3ccccc3)[C@H]12. The molecule has 374 valence electrons. The molecule has 1 spiro atoms. The van der Waals surface area contributed by atoms with Crippen LogP contribution >= 0.6 is 0 Å². The number of amides is 3. The van der Waals surface area contributed by atoms with Gasteiger partial charge in [0, 0.05) is 24.2 Å². The van der Waals surface area contributed by atoms with Crippen molar-refractivity contribution in [1.82, 2.24) is 10.2 Å². The van der Waals surface area contributed by atoms with Gasteiger partial charge >= 0.3 is 12.1 Å². The summed E-state index contributed by atoms with van der Waals surface area (Å²) in [5.74, 6) is 2.79. The Hall–Kier alpha value is -8.42. The Balaban J connectivity index is 1.22. The highest BCUT2D eigenvalue weighted by Gasteiger charge is 2.76. The summed E-state index contributed by atoms with van der Waals surface area (Å²) in [6.45, 7) is -1.06. The average Bonchev–Trinajstić information content (AvgIpc) is 3.90. The number of allylic oxidation sites excluding steroid dienone is 2. The summed E-state index contributed by atoms with van der Waals surface area (Å²) in [7, 11) is 0. The molecule has 4 aliphatic rings. The summed E-state index contributed by atoms with van der Waals surface area (Å²) < 4.78 is 18.5. The molecular formula is C59H52N4O11. The molecule has 0 unspecified atom stereocenters. The lowest BCUT2D eigenvalue weighted by molar-refractivity contribution is -0.384. The quantitative estimate of drug-likeness (QED) is 0.0432. The van der Waals surface area contributed by atoms with Crippen LogP contribution in [0.4, 0.5) is 16.2 Å². The van der Waals surface area contributed by atoms with Crippen molar-refractivity contribution in [3.05, 3.63) is 218 Å². The molecule has 2 saturated heterocycles. The van der Waals surface area contributed by atoms with E-state index in [1.54, 1.807) is 72.8 Å². The van der Waals surface area contributed by atoms with Crippen molar-refractivity contribution in [2.75, 3.05) is 24.7 Å². The molecular weight excluding hydrogens is 941 g/mol. The predicted octanol–water partition coefficient (Wildman–Crippen LogP) is 8.67. The summed E-state index contributed by atoms with van der Waals surface area (Å²) in [5, 5.41) is 35.8. The van der Waals surface area contributed by atoms with Crippen LogP contribution in [0, 0.1) is 27.9 Å². The van der Waals surface area contributed by atoms with Gasteiger partial charge in [0.05, 0.1) is 41.3 Å². The van der Waals surface area contributed by atoms with E-state index < -0.39 is 70.5 Å². The minimum atomic E-state index is -2.18. The smallest absolute Gasteiger partial charge is 0.421 e. The number of aliphatic hydroxyl groups excluding tert-OH is 2. The fraction of sp³-hybridized carbons (Fsp3) is 0.254. The molecule has 2 fully saturated rings. The third kappa shape index (κ3) is 9.31. The van der Waals surface area contributed by atoms with Crippen molar-refractivity contribution < 1.29 is 48.5 Å². The zero-order chi connectivity index (χ0) is 51.3. The predicted molar refractivity (Wildman–Crippen MR) is 272 cm³/mol.